The lowest BCUT2D eigenvalue weighted by Gasteiger charge is -2.16. The van der Waals surface area contributed by atoms with Gasteiger partial charge in [-0.1, -0.05) is 0 Å². The van der Waals surface area contributed by atoms with Crippen molar-refractivity contribution in [3.8, 4) is 16.9 Å². The summed E-state index contributed by atoms with van der Waals surface area (Å²) in [6, 6.07) is 8.30. The van der Waals surface area contributed by atoms with Crippen LogP contribution in [0.15, 0.2) is 55.1 Å². The topological polar surface area (TPSA) is 68.2 Å². The number of hydrogen-bond acceptors (Lipinski definition) is 4. The van der Waals surface area contributed by atoms with E-state index in [4.69, 9.17) is 0 Å². The third-order valence-corrected chi connectivity index (χ3v) is 4.00. The van der Waals surface area contributed by atoms with Crippen molar-refractivity contribution in [1.82, 2.24) is 24.1 Å². The number of benzene rings is 1. The fraction of sp³-hybridized carbons (Fsp3) is 0.167. The zero-order valence-electron chi connectivity index (χ0n) is 13.8. The van der Waals surface area contributed by atoms with Gasteiger partial charge in [-0.15, -0.1) is 0 Å². The Hall–Kier alpha value is -3.06. The van der Waals surface area contributed by atoms with Crippen molar-refractivity contribution < 1.29 is 9.50 Å². The summed E-state index contributed by atoms with van der Waals surface area (Å²) in [5.74, 6) is 0.114. The van der Waals surface area contributed by atoms with E-state index >= 15 is 0 Å². The maximum absolute atomic E-state index is 14.1. The van der Waals surface area contributed by atoms with Gasteiger partial charge in [0.15, 0.2) is 0 Å². The number of rotatable bonds is 3. The fourth-order valence-corrected chi connectivity index (χ4v) is 2.68. The largest absolute Gasteiger partial charge is 0.384 e. The summed E-state index contributed by atoms with van der Waals surface area (Å²) in [5, 5.41) is 14.2. The summed E-state index contributed by atoms with van der Waals surface area (Å²) in [4.78, 5) is 8.70. The van der Waals surface area contributed by atoms with E-state index in [0.717, 1.165) is 11.3 Å². The van der Waals surface area contributed by atoms with Crippen LogP contribution < -0.4 is 0 Å². The van der Waals surface area contributed by atoms with Gasteiger partial charge in [-0.3, -0.25) is 4.40 Å². The highest BCUT2D eigenvalue weighted by Crippen LogP contribution is 2.26. The molecule has 0 atom stereocenters. The van der Waals surface area contributed by atoms with Crippen molar-refractivity contribution in [2.45, 2.75) is 19.4 Å². The molecule has 0 amide bonds. The van der Waals surface area contributed by atoms with Crippen LogP contribution in [0.3, 0.4) is 0 Å². The highest BCUT2D eigenvalue weighted by Gasteiger charge is 2.19. The third-order valence-electron chi connectivity index (χ3n) is 4.00. The summed E-state index contributed by atoms with van der Waals surface area (Å²) < 4.78 is 17.4. The molecule has 0 unspecified atom stereocenters. The molecular formula is C18H16FN5O. The number of halogens is 1. The number of fused-ring (bicyclic) bond motifs is 1. The SMILES string of the molecule is CC(C)(O)c1ccn2c(-c3ccc(F)c(-n4cccn4)c3)cnc2n1. The van der Waals surface area contributed by atoms with Gasteiger partial charge in [0.1, 0.15) is 17.1 Å². The number of hydrogen-bond donors (Lipinski definition) is 1. The van der Waals surface area contributed by atoms with Crippen LogP contribution in [0.2, 0.25) is 0 Å². The van der Waals surface area contributed by atoms with Gasteiger partial charge in [0.2, 0.25) is 5.78 Å². The maximum atomic E-state index is 14.1. The first kappa shape index (κ1) is 15.5. The van der Waals surface area contributed by atoms with E-state index in [9.17, 15) is 9.50 Å². The van der Waals surface area contributed by atoms with Crippen LogP contribution in [0.1, 0.15) is 19.5 Å². The molecule has 0 saturated heterocycles. The Labute approximate surface area is 143 Å². The standard InChI is InChI=1S/C18H16FN5O/c1-18(2,25)16-6-9-23-15(11-20-17(23)22-16)12-4-5-13(19)14(10-12)24-8-3-7-21-24/h3-11,25H,1-2H3. The number of aromatic nitrogens is 5. The molecule has 6 nitrogen and oxygen atoms in total. The summed E-state index contributed by atoms with van der Waals surface area (Å²) >= 11 is 0. The first-order chi connectivity index (χ1) is 11.9. The molecule has 0 radical (unpaired) electrons. The molecule has 3 heterocycles. The summed E-state index contributed by atoms with van der Waals surface area (Å²) in [5.41, 5.74) is 1.42. The van der Waals surface area contributed by atoms with Crippen molar-refractivity contribution in [3.05, 3.63) is 66.6 Å². The molecule has 3 aromatic heterocycles. The van der Waals surface area contributed by atoms with E-state index in [1.54, 1.807) is 67.3 Å². The second kappa shape index (κ2) is 5.49. The van der Waals surface area contributed by atoms with Gasteiger partial charge < -0.3 is 5.11 Å². The van der Waals surface area contributed by atoms with Gasteiger partial charge in [-0.25, -0.2) is 19.0 Å². The third kappa shape index (κ3) is 2.68. The Bertz CT molecular complexity index is 1050. The molecule has 0 saturated carbocycles. The smallest absolute Gasteiger partial charge is 0.234 e. The Kier molecular flexibility index (Phi) is 3.40. The first-order valence-corrected chi connectivity index (χ1v) is 7.80. The maximum Gasteiger partial charge on any atom is 0.234 e. The normalized spacial score (nSPS) is 12.0. The predicted molar refractivity (Wildman–Crippen MR) is 90.7 cm³/mol. The van der Waals surface area contributed by atoms with Crippen LogP contribution in [-0.4, -0.2) is 29.3 Å². The molecule has 1 N–H and O–H groups in total. The van der Waals surface area contributed by atoms with Gasteiger partial charge >= 0.3 is 0 Å². The Morgan fingerprint density at radius 2 is 2.00 bits per heavy atom. The van der Waals surface area contributed by atoms with Gasteiger partial charge in [-0.05, 0) is 44.2 Å². The van der Waals surface area contributed by atoms with Gasteiger partial charge in [-0.2, -0.15) is 5.10 Å². The van der Waals surface area contributed by atoms with Crippen LogP contribution >= 0.6 is 0 Å². The summed E-state index contributed by atoms with van der Waals surface area (Å²) in [6.07, 6.45) is 6.77. The van der Waals surface area contributed by atoms with E-state index in [-0.39, 0.29) is 5.82 Å². The molecule has 126 valence electrons. The number of imidazole rings is 1. The van der Waals surface area contributed by atoms with Crippen molar-refractivity contribution in [2.75, 3.05) is 0 Å². The average Bonchev–Trinajstić information content (AvgIpc) is 3.23. The summed E-state index contributed by atoms with van der Waals surface area (Å²) in [6.45, 7) is 3.35. The lowest BCUT2D eigenvalue weighted by Crippen LogP contribution is -2.18. The first-order valence-electron chi connectivity index (χ1n) is 7.80. The zero-order chi connectivity index (χ0) is 17.6. The molecule has 0 bridgehead atoms. The Balaban J connectivity index is 1.84. The van der Waals surface area contributed by atoms with Gasteiger partial charge in [0, 0.05) is 24.2 Å². The molecule has 1 aromatic carbocycles. The monoisotopic (exact) mass is 337 g/mol. The van der Waals surface area contributed by atoms with Crippen LogP contribution in [0, 0.1) is 5.82 Å². The molecule has 0 aliphatic rings. The minimum atomic E-state index is -1.04. The Morgan fingerprint density at radius 3 is 2.72 bits per heavy atom. The second-order valence-electron chi connectivity index (χ2n) is 6.30. The van der Waals surface area contributed by atoms with Crippen LogP contribution in [-0.2, 0) is 5.60 Å². The molecule has 25 heavy (non-hydrogen) atoms. The Morgan fingerprint density at radius 1 is 1.16 bits per heavy atom. The van der Waals surface area contributed by atoms with E-state index in [1.807, 2.05) is 0 Å². The zero-order valence-corrected chi connectivity index (χ0v) is 13.8. The number of nitrogens with zero attached hydrogens (tertiary/aromatic N) is 5. The molecular weight excluding hydrogens is 321 g/mol. The molecule has 7 heteroatoms. The highest BCUT2D eigenvalue weighted by atomic mass is 19.1. The van der Waals surface area contributed by atoms with Crippen molar-refractivity contribution in [2.24, 2.45) is 0 Å². The van der Waals surface area contributed by atoms with Crippen LogP contribution in [0.25, 0.3) is 22.7 Å². The molecule has 4 rings (SSSR count). The highest BCUT2D eigenvalue weighted by molar-refractivity contribution is 5.65. The molecule has 0 aliphatic carbocycles. The second-order valence-corrected chi connectivity index (χ2v) is 6.30. The minimum Gasteiger partial charge on any atom is -0.384 e. The molecule has 4 aromatic rings. The van der Waals surface area contributed by atoms with Gasteiger partial charge in [0.25, 0.3) is 0 Å². The fourth-order valence-electron chi connectivity index (χ4n) is 2.68. The van der Waals surface area contributed by atoms with Crippen LogP contribution in [0.4, 0.5) is 4.39 Å². The van der Waals surface area contributed by atoms with E-state index < -0.39 is 5.60 Å². The van der Waals surface area contributed by atoms with Crippen molar-refractivity contribution in [1.29, 1.82) is 0 Å². The average molecular weight is 337 g/mol. The van der Waals surface area contributed by atoms with Crippen LogP contribution in [0.5, 0.6) is 0 Å². The van der Waals surface area contributed by atoms with Gasteiger partial charge in [0.05, 0.1) is 17.6 Å². The molecule has 0 fully saturated rings. The lowest BCUT2D eigenvalue weighted by molar-refractivity contribution is 0.0739. The molecule has 0 spiro atoms. The predicted octanol–water partition coefficient (Wildman–Crippen LogP) is 2.95. The quantitative estimate of drug-likeness (QED) is 0.624. The summed E-state index contributed by atoms with van der Waals surface area (Å²) in [7, 11) is 0. The van der Waals surface area contributed by atoms with E-state index in [0.29, 0.717) is 17.2 Å². The van der Waals surface area contributed by atoms with E-state index in [2.05, 4.69) is 15.1 Å². The minimum absolute atomic E-state index is 0.358. The lowest BCUT2D eigenvalue weighted by atomic mass is 10.1. The van der Waals surface area contributed by atoms with E-state index in [1.165, 1.54) is 10.7 Å². The number of aliphatic hydroxyl groups is 1. The van der Waals surface area contributed by atoms with Crippen molar-refractivity contribution in [3.63, 3.8) is 0 Å². The van der Waals surface area contributed by atoms with Crippen molar-refractivity contribution >= 4 is 5.78 Å². The molecule has 0 aliphatic heterocycles.